The fraction of sp³-hybridized carbons (Fsp3) is 0.520. The Labute approximate surface area is 202 Å². The van der Waals surface area contributed by atoms with E-state index in [2.05, 4.69) is 29.9 Å². The van der Waals surface area contributed by atoms with Gasteiger partial charge in [0.1, 0.15) is 5.01 Å². The molecule has 2 aliphatic carbocycles. The minimum absolute atomic E-state index is 0. The number of benzene rings is 1. The van der Waals surface area contributed by atoms with Crippen LogP contribution >= 0.6 is 11.3 Å². The molecule has 0 amide bonds. The molecule has 0 aliphatic heterocycles. The van der Waals surface area contributed by atoms with Crippen LogP contribution < -0.4 is 0 Å². The zero-order chi connectivity index (χ0) is 21.1. The molecule has 169 valence electrons. The van der Waals surface area contributed by atoms with Crippen molar-refractivity contribution in [1.82, 2.24) is 9.97 Å². The molecule has 1 aromatic carbocycles. The molecule has 0 bridgehead atoms. The number of nitrogens with zero attached hydrogens (tertiary/aromatic N) is 2. The molecule has 2 heterocycles. The van der Waals surface area contributed by atoms with Gasteiger partial charge in [-0.3, -0.25) is 4.98 Å². The van der Waals surface area contributed by atoms with Crippen LogP contribution in [0, 0.1) is 23.7 Å². The number of rotatable bonds is 3. The fourth-order valence-corrected chi connectivity index (χ4v) is 6.12. The smallest absolute Gasteiger partial charge is 0.143 e. The first-order chi connectivity index (χ1) is 14.5. The molecule has 0 spiro atoms. The Morgan fingerprint density at radius 2 is 1.74 bits per heavy atom. The molecule has 1 radical (unpaired) electrons. The standard InChI is InChI=1S/C13H24O2.C12H8N2S.Ir/c1-8(2)7-10-4-3-9-5-6-11(14)12(9)13(10)15;1-2-7-11-9(5-1)14-12(15-11)10-6-3-4-8-13-10;/h8-15H,3-7H2,1-2H3;1-8H;. The quantitative estimate of drug-likeness (QED) is 0.405. The van der Waals surface area contributed by atoms with Crippen LogP contribution in [0.4, 0.5) is 0 Å². The second-order valence-electron chi connectivity index (χ2n) is 9.14. The predicted octanol–water partition coefficient (Wildman–Crippen LogP) is 5.55. The van der Waals surface area contributed by atoms with Gasteiger partial charge in [0.05, 0.1) is 28.1 Å². The maximum Gasteiger partial charge on any atom is 0.143 e. The van der Waals surface area contributed by atoms with Crippen LogP contribution in [0.15, 0.2) is 48.7 Å². The monoisotopic (exact) mass is 617 g/mol. The van der Waals surface area contributed by atoms with Crippen LogP contribution in [-0.4, -0.2) is 32.4 Å². The number of thiazole rings is 1. The third-order valence-electron chi connectivity index (χ3n) is 6.56. The van der Waals surface area contributed by atoms with E-state index in [4.69, 9.17) is 0 Å². The molecule has 2 fully saturated rings. The molecule has 31 heavy (non-hydrogen) atoms. The van der Waals surface area contributed by atoms with E-state index in [-0.39, 0.29) is 38.2 Å². The van der Waals surface area contributed by atoms with Gasteiger partial charge in [-0.15, -0.1) is 11.3 Å². The molecule has 5 rings (SSSR count). The molecule has 5 unspecified atom stereocenters. The third kappa shape index (κ3) is 5.80. The number of fused-ring (bicyclic) bond motifs is 2. The first kappa shape index (κ1) is 24.5. The first-order valence-electron chi connectivity index (χ1n) is 11.2. The number of para-hydroxylation sites is 1. The van der Waals surface area contributed by atoms with Crippen LogP contribution in [0.5, 0.6) is 0 Å². The van der Waals surface area contributed by atoms with Gasteiger partial charge in [-0.25, -0.2) is 4.98 Å². The molecule has 3 aromatic rings. The summed E-state index contributed by atoms with van der Waals surface area (Å²) in [4.78, 5) is 8.83. The second-order valence-corrected chi connectivity index (χ2v) is 10.2. The Morgan fingerprint density at radius 1 is 1.00 bits per heavy atom. The Balaban J connectivity index is 0.000000170. The van der Waals surface area contributed by atoms with Gasteiger partial charge in [0.2, 0.25) is 0 Å². The van der Waals surface area contributed by atoms with Gasteiger partial charge in [0.15, 0.2) is 0 Å². The van der Waals surface area contributed by atoms with Crippen molar-refractivity contribution in [1.29, 1.82) is 0 Å². The maximum absolute atomic E-state index is 10.3. The van der Waals surface area contributed by atoms with E-state index >= 15 is 0 Å². The maximum atomic E-state index is 10.3. The van der Waals surface area contributed by atoms with Gasteiger partial charge in [-0.2, -0.15) is 0 Å². The van der Waals surface area contributed by atoms with Gasteiger partial charge in [-0.05, 0) is 74.1 Å². The summed E-state index contributed by atoms with van der Waals surface area (Å²) in [5, 5.41) is 21.2. The van der Waals surface area contributed by atoms with E-state index in [9.17, 15) is 10.2 Å². The first-order valence-corrected chi connectivity index (χ1v) is 12.0. The molecule has 2 aromatic heterocycles. The summed E-state index contributed by atoms with van der Waals surface area (Å²) < 4.78 is 1.21. The number of hydrogen-bond donors (Lipinski definition) is 2. The van der Waals surface area contributed by atoms with E-state index in [0.717, 1.165) is 41.9 Å². The Morgan fingerprint density at radius 3 is 2.45 bits per heavy atom. The average Bonchev–Trinajstić information content (AvgIpc) is 3.35. The molecular formula is C25H32IrN2O2S. The molecule has 6 heteroatoms. The van der Waals surface area contributed by atoms with Crippen LogP contribution in [0.3, 0.4) is 0 Å². The zero-order valence-electron chi connectivity index (χ0n) is 18.1. The van der Waals surface area contributed by atoms with Crippen molar-refractivity contribution in [3.8, 4) is 10.7 Å². The van der Waals surface area contributed by atoms with Gasteiger partial charge in [0, 0.05) is 32.2 Å². The topological polar surface area (TPSA) is 66.2 Å². The molecule has 5 atom stereocenters. The number of aliphatic hydroxyl groups excluding tert-OH is 2. The van der Waals surface area contributed by atoms with Crippen molar-refractivity contribution >= 4 is 21.6 Å². The minimum atomic E-state index is -0.247. The van der Waals surface area contributed by atoms with Crippen molar-refractivity contribution in [3.63, 3.8) is 0 Å². The Bertz CT molecular complexity index is 916. The Kier molecular flexibility index (Phi) is 8.77. The summed E-state index contributed by atoms with van der Waals surface area (Å²) >= 11 is 1.68. The minimum Gasteiger partial charge on any atom is -0.393 e. The van der Waals surface area contributed by atoms with Crippen LogP contribution in [-0.2, 0) is 20.1 Å². The molecule has 2 saturated carbocycles. The normalized spacial score (nSPS) is 27.3. The van der Waals surface area contributed by atoms with Gasteiger partial charge in [-0.1, -0.05) is 32.0 Å². The molecule has 2 N–H and O–H groups in total. The summed E-state index contributed by atoms with van der Waals surface area (Å²) in [6.07, 6.45) is 6.82. The second kappa shape index (κ2) is 11.1. The van der Waals surface area contributed by atoms with Crippen molar-refractivity contribution in [3.05, 3.63) is 48.7 Å². The largest absolute Gasteiger partial charge is 0.393 e. The van der Waals surface area contributed by atoms with Crippen LogP contribution in [0.2, 0.25) is 0 Å². The van der Waals surface area contributed by atoms with Crippen molar-refractivity contribution in [2.45, 2.75) is 58.2 Å². The summed E-state index contributed by atoms with van der Waals surface area (Å²) in [6, 6.07) is 14.0. The van der Waals surface area contributed by atoms with Crippen LogP contribution in [0.25, 0.3) is 20.9 Å². The van der Waals surface area contributed by atoms with E-state index in [1.165, 1.54) is 11.1 Å². The summed E-state index contributed by atoms with van der Waals surface area (Å²) in [6.45, 7) is 4.42. The van der Waals surface area contributed by atoms with E-state index < -0.39 is 0 Å². The van der Waals surface area contributed by atoms with E-state index in [0.29, 0.717) is 17.8 Å². The molecule has 0 saturated heterocycles. The molecule has 2 aliphatic rings. The van der Waals surface area contributed by atoms with Crippen molar-refractivity contribution in [2.75, 3.05) is 0 Å². The van der Waals surface area contributed by atoms with Gasteiger partial charge >= 0.3 is 0 Å². The molecular weight excluding hydrogens is 585 g/mol. The third-order valence-corrected chi connectivity index (χ3v) is 7.62. The summed E-state index contributed by atoms with van der Waals surface area (Å²) in [5.74, 6) is 1.86. The number of pyridine rings is 1. The Hall–Kier alpha value is -1.17. The summed E-state index contributed by atoms with van der Waals surface area (Å²) in [7, 11) is 0. The van der Waals surface area contributed by atoms with Gasteiger partial charge < -0.3 is 10.2 Å². The van der Waals surface area contributed by atoms with Crippen molar-refractivity contribution in [2.24, 2.45) is 23.7 Å². The zero-order valence-corrected chi connectivity index (χ0v) is 21.4. The van der Waals surface area contributed by atoms with E-state index in [1.807, 2.05) is 36.4 Å². The summed E-state index contributed by atoms with van der Waals surface area (Å²) in [5.41, 5.74) is 1.99. The number of hydrogen-bond acceptors (Lipinski definition) is 5. The molecule has 4 nitrogen and oxygen atoms in total. The average molecular weight is 617 g/mol. The fourth-order valence-electron chi connectivity index (χ4n) is 5.17. The number of aliphatic hydroxyl groups is 2. The number of aromatic nitrogens is 2. The van der Waals surface area contributed by atoms with Crippen LogP contribution in [0.1, 0.15) is 46.0 Å². The van der Waals surface area contributed by atoms with Gasteiger partial charge in [0.25, 0.3) is 0 Å². The van der Waals surface area contributed by atoms with Crippen molar-refractivity contribution < 1.29 is 30.3 Å². The van der Waals surface area contributed by atoms with E-state index in [1.54, 1.807) is 17.5 Å². The predicted molar refractivity (Wildman–Crippen MR) is 123 cm³/mol. The SMILES string of the molecule is CC(C)CC1CCC2CCC(O)C2C1O.[Ir].c1ccc(-c2nc3ccccc3s2)nc1.